The van der Waals surface area contributed by atoms with Crippen molar-refractivity contribution >= 4 is 23.6 Å². The molecule has 2 saturated heterocycles. The number of likely N-dealkylation sites (tertiary alicyclic amines) is 2. The Kier molecular flexibility index (Phi) is 10.3. The summed E-state index contributed by atoms with van der Waals surface area (Å²) in [6.07, 6.45) is 5.99. The fourth-order valence-electron chi connectivity index (χ4n) is 5.15. The molecule has 0 radical (unpaired) electrons. The minimum atomic E-state index is -0.661. The minimum Gasteiger partial charge on any atom is -0.368 e. The first-order valence-corrected chi connectivity index (χ1v) is 12.9. The average molecular weight is 492 g/mol. The van der Waals surface area contributed by atoms with Crippen molar-refractivity contribution in [1.82, 2.24) is 20.0 Å². The van der Waals surface area contributed by atoms with Gasteiger partial charge in [-0.25, -0.2) is 0 Å². The summed E-state index contributed by atoms with van der Waals surface area (Å²) in [6, 6.07) is -1.81. The van der Waals surface area contributed by atoms with Crippen LogP contribution in [0.2, 0.25) is 0 Å². The number of hydrogen-bond donors (Lipinski definition) is 2. The largest absolute Gasteiger partial charge is 0.368 e. The fraction of sp³-hybridized carbons (Fsp3) is 0.769. The van der Waals surface area contributed by atoms with E-state index in [0.29, 0.717) is 18.5 Å². The van der Waals surface area contributed by atoms with Crippen LogP contribution in [0.1, 0.15) is 66.7 Å². The summed E-state index contributed by atoms with van der Waals surface area (Å²) in [4.78, 5) is 56.7. The SMILES string of the molecule is C/C(=C\C(C(C)C)N(C)C(=O)[C@@H](NC(=O)C1CCCCN1C)C(C)C)C(=O)N1CCCC1C(N)=O. The number of nitrogens with one attached hydrogen (secondary N) is 1. The standard InChI is InChI=1S/C26H45N5O4/c1-16(2)21(15-18(5)25(34)31-14-10-12-19(31)23(27)32)30(7)26(35)22(17(3)4)28-24(33)20-11-8-9-13-29(20)6/h15-17,19-22H,8-14H2,1-7H3,(H2,27,32)(H,28,33)/b18-15+/t19?,20?,21?,22-/m0/s1. The second-order valence-corrected chi connectivity index (χ2v) is 10.8. The van der Waals surface area contributed by atoms with Gasteiger partial charge >= 0.3 is 0 Å². The van der Waals surface area contributed by atoms with E-state index in [0.717, 1.165) is 32.2 Å². The van der Waals surface area contributed by atoms with Crippen molar-refractivity contribution in [2.45, 2.75) is 90.9 Å². The number of nitrogens with zero attached hydrogens (tertiary/aromatic N) is 3. The van der Waals surface area contributed by atoms with Crippen LogP contribution in [0.4, 0.5) is 0 Å². The molecular weight excluding hydrogens is 446 g/mol. The summed E-state index contributed by atoms with van der Waals surface area (Å²) >= 11 is 0. The third kappa shape index (κ3) is 7.06. The fourth-order valence-corrected chi connectivity index (χ4v) is 5.15. The summed E-state index contributed by atoms with van der Waals surface area (Å²) in [5.41, 5.74) is 5.96. The van der Waals surface area contributed by atoms with Crippen molar-refractivity contribution in [2.75, 3.05) is 27.2 Å². The molecule has 4 amide bonds. The van der Waals surface area contributed by atoms with E-state index in [1.807, 2.05) is 34.7 Å². The van der Waals surface area contributed by atoms with Gasteiger partial charge in [0.1, 0.15) is 12.1 Å². The van der Waals surface area contributed by atoms with Crippen LogP contribution in [0, 0.1) is 11.8 Å². The molecule has 9 nitrogen and oxygen atoms in total. The van der Waals surface area contributed by atoms with E-state index in [9.17, 15) is 19.2 Å². The highest BCUT2D eigenvalue weighted by Crippen LogP contribution is 2.22. The van der Waals surface area contributed by atoms with E-state index in [1.165, 1.54) is 4.90 Å². The molecule has 0 aromatic rings. The highest BCUT2D eigenvalue weighted by Gasteiger charge is 2.36. The number of carbonyl (C=O) groups is 4. The van der Waals surface area contributed by atoms with E-state index < -0.39 is 18.0 Å². The van der Waals surface area contributed by atoms with Crippen LogP contribution in [0.3, 0.4) is 0 Å². The lowest BCUT2D eigenvalue weighted by molar-refractivity contribution is -0.139. The van der Waals surface area contributed by atoms with Gasteiger partial charge in [-0.05, 0) is 58.0 Å². The van der Waals surface area contributed by atoms with Crippen molar-refractivity contribution in [3.8, 4) is 0 Å². The first-order chi connectivity index (χ1) is 16.4. The zero-order valence-electron chi connectivity index (χ0n) is 22.5. The lowest BCUT2D eigenvalue weighted by atomic mass is 9.96. The van der Waals surface area contributed by atoms with Gasteiger partial charge in [0.25, 0.3) is 0 Å². The molecule has 0 bridgehead atoms. The second kappa shape index (κ2) is 12.5. The number of carbonyl (C=O) groups excluding carboxylic acids is 4. The Morgan fingerprint density at radius 3 is 2.14 bits per heavy atom. The molecule has 0 aliphatic carbocycles. The number of amides is 4. The molecule has 2 rings (SSSR count). The third-order valence-electron chi connectivity index (χ3n) is 7.38. The number of primary amides is 1. The van der Waals surface area contributed by atoms with Gasteiger partial charge in [-0.1, -0.05) is 40.2 Å². The van der Waals surface area contributed by atoms with E-state index in [1.54, 1.807) is 24.9 Å². The Morgan fingerprint density at radius 1 is 0.971 bits per heavy atom. The normalized spacial score (nSPS) is 23.3. The quantitative estimate of drug-likeness (QED) is 0.475. The lowest BCUT2D eigenvalue weighted by Crippen LogP contribution is -2.57. The molecule has 35 heavy (non-hydrogen) atoms. The second-order valence-electron chi connectivity index (χ2n) is 10.8. The summed E-state index contributed by atoms with van der Waals surface area (Å²) in [5.74, 6) is -1.07. The van der Waals surface area contributed by atoms with Gasteiger partial charge in [-0.15, -0.1) is 0 Å². The number of piperidine rings is 1. The number of hydrogen-bond acceptors (Lipinski definition) is 5. The summed E-state index contributed by atoms with van der Waals surface area (Å²) < 4.78 is 0. The molecule has 0 saturated carbocycles. The predicted molar refractivity (Wildman–Crippen MR) is 136 cm³/mol. The van der Waals surface area contributed by atoms with Crippen molar-refractivity contribution in [3.63, 3.8) is 0 Å². The maximum atomic E-state index is 13.6. The highest BCUT2D eigenvalue weighted by atomic mass is 16.2. The molecule has 0 aromatic carbocycles. The zero-order valence-corrected chi connectivity index (χ0v) is 22.5. The van der Waals surface area contributed by atoms with Crippen LogP contribution in [0.25, 0.3) is 0 Å². The average Bonchev–Trinajstić information content (AvgIpc) is 3.29. The van der Waals surface area contributed by atoms with Gasteiger partial charge in [0, 0.05) is 19.2 Å². The summed E-state index contributed by atoms with van der Waals surface area (Å²) in [5, 5.41) is 3.01. The van der Waals surface area contributed by atoms with Crippen LogP contribution in [-0.2, 0) is 19.2 Å². The molecule has 2 fully saturated rings. The molecule has 0 aromatic heterocycles. The smallest absolute Gasteiger partial charge is 0.249 e. The first-order valence-electron chi connectivity index (χ1n) is 12.9. The van der Waals surface area contributed by atoms with Crippen molar-refractivity contribution in [1.29, 1.82) is 0 Å². The number of nitrogens with two attached hydrogens (primary N) is 1. The van der Waals surface area contributed by atoms with E-state index in [-0.39, 0.29) is 41.6 Å². The zero-order chi connectivity index (χ0) is 26.4. The molecule has 2 heterocycles. The van der Waals surface area contributed by atoms with E-state index in [4.69, 9.17) is 5.73 Å². The summed E-state index contributed by atoms with van der Waals surface area (Å²) in [7, 11) is 3.67. The van der Waals surface area contributed by atoms with Crippen LogP contribution in [-0.4, -0.2) is 89.7 Å². The molecule has 4 atom stereocenters. The van der Waals surface area contributed by atoms with Crippen molar-refractivity contribution in [2.24, 2.45) is 17.6 Å². The lowest BCUT2D eigenvalue weighted by Gasteiger charge is -2.36. The molecule has 2 aliphatic heterocycles. The third-order valence-corrected chi connectivity index (χ3v) is 7.38. The van der Waals surface area contributed by atoms with E-state index in [2.05, 4.69) is 10.2 Å². The van der Waals surface area contributed by atoms with Crippen LogP contribution in [0.15, 0.2) is 11.6 Å². The summed E-state index contributed by atoms with van der Waals surface area (Å²) in [6.45, 7) is 10.9. The van der Waals surface area contributed by atoms with Crippen LogP contribution >= 0.6 is 0 Å². The van der Waals surface area contributed by atoms with Gasteiger partial charge in [0.15, 0.2) is 0 Å². The number of likely N-dealkylation sites (N-methyl/N-ethyl adjacent to an activating group) is 2. The van der Waals surface area contributed by atoms with Gasteiger partial charge < -0.3 is 20.9 Å². The maximum absolute atomic E-state index is 13.6. The maximum Gasteiger partial charge on any atom is 0.249 e. The molecule has 9 heteroatoms. The Hall–Kier alpha value is -2.42. The Balaban J connectivity index is 2.19. The molecule has 0 spiro atoms. The molecule has 198 valence electrons. The van der Waals surface area contributed by atoms with Gasteiger partial charge in [-0.3, -0.25) is 24.1 Å². The van der Waals surface area contributed by atoms with Crippen LogP contribution < -0.4 is 11.1 Å². The molecular formula is C26H45N5O4. The Labute approximate surface area is 210 Å². The first kappa shape index (κ1) is 28.8. The van der Waals surface area contributed by atoms with E-state index >= 15 is 0 Å². The predicted octanol–water partition coefficient (Wildman–Crippen LogP) is 1.52. The van der Waals surface area contributed by atoms with Gasteiger partial charge in [-0.2, -0.15) is 0 Å². The Bertz CT molecular complexity index is 825. The van der Waals surface area contributed by atoms with Crippen LogP contribution in [0.5, 0.6) is 0 Å². The minimum absolute atomic E-state index is 0.0326. The Morgan fingerprint density at radius 2 is 1.60 bits per heavy atom. The molecule has 2 aliphatic rings. The monoisotopic (exact) mass is 491 g/mol. The molecule has 3 N–H and O–H groups in total. The number of rotatable bonds is 9. The topological polar surface area (TPSA) is 116 Å². The molecule has 3 unspecified atom stereocenters. The van der Waals surface area contributed by atoms with Gasteiger partial charge in [0.2, 0.25) is 23.6 Å². The van der Waals surface area contributed by atoms with Gasteiger partial charge in [0.05, 0.1) is 12.1 Å². The van der Waals surface area contributed by atoms with Crippen molar-refractivity contribution < 1.29 is 19.2 Å². The highest BCUT2D eigenvalue weighted by molar-refractivity contribution is 5.97. The van der Waals surface area contributed by atoms with Crippen molar-refractivity contribution in [3.05, 3.63) is 11.6 Å².